The molecule has 3 atom stereocenters. The van der Waals surface area contributed by atoms with Gasteiger partial charge in [0, 0.05) is 27.8 Å². The molecule has 0 aliphatic heterocycles. The van der Waals surface area contributed by atoms with Gasteiger partial charge in [-0.2, -0.15) is 0 Å². The Balaban J connectivity index is 1.46. The third-order valence-electron chi connectivity index (χ3n) is 4.86. The minimum Gasteiger partial charge on any atom is -0.313 e. The summed E-state index contributed by atoms with van der Waals surface area (Å²) in [5.74, 6) is 1.95. The molecule has 2 saturated carbocycles. The van der Waals surface area contributed by atoms with Gasteiger partial charge < -0.3 is 5.32 Å². The topological polar surface area (TPSA) is 32.1 Å². The Morgan fingerprint density at radius 2 is 2.00 bits per heavy atom. The highest BCUT2D eigenvalue weighted by Crippen LogP contribution is 2.44. The molecule has 3 rings (SSSR count). The monoisotopic (exact) mass is 259 g/mol. The van der Waals surface area contributed by atoms with Crippen LogP contribution in [0.15, 0.2) is 24.3 Å². The SMILES string of the molecule is C[N+](=O)c1ccc(CCNC2CC3CCC2C3)cc1. The first kappa shape index (κ1) is 12.8. The van der Waals surface area contributed by atoms with E-state index in [0.717, 1.165) is 41.3 Å². The Morgan fingerprint density at radius 3 is 2.58 bits per heavy atom. The lowest BCUT2D eigenvalue weighted by atomic mass is 9.95. The maximum absolute atomic E-state index is 11.1. The summed E-state index contributed by atoms with van der Waals surface area (Å²) in [4.78, 5) is 11.1. The summed E-state index contributed by atoms with van der Waals surface area (Å²) in [5, 5.41) is 3.73. The van der Waals surface area contributed by atoms with Crippen molar-refractivity contribution in [1.29, 1.82) is 0 Å². The summed E-state index contributed by atoms with van der Waals surface area (Å²) in [7, 11) is 1.53. The molecule has 1 N–H and O–H groups in total. The van der Waals surface area contributed by atoms with Gasteiger partial charge in [0.05, 0.1) is 0 Å². The minimum atomic E-state index is 0.727. The van der Waals surface area contributed by atoms with Crippen molar-refractivity contribution in [3.05, 3.63) is 34.7 Å². The zero-order valence-electron chi connectivity index (χ0n) is 11.6. The molecular formula is C16H23N2O+. The van der Waals surface area contributed by atoms with E-state index in [4.69, 9.17) is 0 Å². The highest BCUT2D eigenvalue weighted by Gasteiger charge is 2.38. The van der Waals surface area contributed by atoms with Gasteiger partial charge in [0.1, 0.15) is 0 Å². The van der Waals surface area contributed by atoms with Crippen LogP contribution in [0.1, 0.15) is 31.2 Å². The van der Waals surface area contributed by atoms with Crippen molar-refractivity contribution >= 4 is 5.69 Å². The van der Waals surface area contributed by atoms with Crippen LogP contribution in [-0.2, 0) is 6.42 Å². The van der Waals surface area contributed by atoms with Gasteiger partial charge >= 0.3 is 0 Å². The number of nitrogens with zero attached hydrogens (tertiary/aromatic N) is 1. The van der Waals surface area contributed by atoms with Gasteiger partial charge in [0.2, 0.25) is 0 Å². The van der Waals surface area contributed by atoms with Crippen LogP contribution >= 0.6 is 0 Å². The standard InChI is InChI=1S/C16H23N2O/c1-18(19)15-6-3-12(4-7-15)8-9-17-16-11-13-2-5-14(16)10-13/h3-4,6-7,13-14,16-17H,2,5,8-11H2,1H3/q+1. The molecule has 0 radical (unpaired) electrons. The quantitative estimate of drug-likeness (QED) is 0.824. The second-order valence-electron chi connectivity index (χ2n) is 6.15. The van der Waals surface area contributed by atoms with E-state index >= 15 is 0 Å². The number of nitroso groups, excluding NO2 is 1. The molecule has 3 heteroatoms. The van der Waals surface area contributed by atoms with E-state index in [1.807, 2.05) is 12.1 Å². The van der Waals surface area contributed by atoms with E-state index in [2.05, 4.69) is 17.4 Å². The summed E-state index contributed by atoms with van der Waals surface area (Å²) in [6.45, 7) is 1.06. The molecular weight excluding hydrogens is 236 g/mol. The molecule has 1 aromatic carbocycles. The molecule has 0 aromatic heterocycles. The summed E-state index contributed by atoms with van der Waals surface area (Å²) in [5.41, 5.74) is 2.03. The van der Waals surface area contributed by atoms with E-state index < -0.39 is 0 Å². The summed E-state index contributed by atoms with van der Waals surface area (Å²) in [6, 6.07) is 8.70. The Morgan fingerprint density at radius 1 is 1.21 bits per heavy atom. The van der Waals surface area contributed by atoms with Gasteiger partial charge in [-0.1, -0.05) is 18.6 Å². The smallest absolute Gasteiger partial charge is 0.255 e. The predicted molar refractivity (Wildman–Crippen MR) is 76.6 cm³/mol. The second-order valence-corrected chi connectivity index (χ2v) is 6.15. The van der Waals surface area contributed by atoms with Crippen molar-refractivity contribution in [3.8, 4) is 0 Å². The largest absolute Gasteiger partial charge is 0.313 e. The van der Waals surface area contributed by atoms with Crippen LogP contribution < -0.4 is 5.32 Å². The van der Waals surface area contributed by atoms with Gasteiger partial charge in [-0.3, -0.25) is 0 Å². The lowest BCUT2D eigenvalue weighted by Crippen LogP contribution is -2.35. The number of fused-ring (bicyclic) bond motifs is 2. The van der Waals surface area contributed by atoms with Crippen LogP contribution in [0.2, 0.25) is 0 Å². The van der Waals surface area contributed by atoms with Crippen LogP contribution in [0.4, 0.5) is 5.69 Å². The van der Waals surface area contributed by atoms with Gasteiger partial charge in [-0.25, -0.2) is 0 Å². The van der Waals surface area contributed by atoms with E-state index in [1.54, 1.807) is 0 Å². The number of hydrogen-bond donors (Lipinski definition) is 1. The molecule has 2 fully saturated rings. The maximum Gasteiger partial charge on any atom is 0.255 e. The lowest BCUT2D eigenvalue weighted by molar-refractivity contribution is -0.428. The highest BCUT2D eigenvalue weighted by molar-refractivity contribution is 5.32. The zero-order valence-corrected chi connectivity index (χ0v) is 11.6. The predicted octanol–water partition coefficient (Wildman–Crippen LogP) is 3.05. The maximum atomic E-state index is 11.1. The van der Waals surface area contributed by atoms with Crippen molar-refractivity contribution in [1.82, 2.24) is 5.32 Å². The first-order valence-corrected chi connectivity index (χ1v) is 7.45. The van der Waals surface area contributed by atoms with Crippen LogP contribution in [0.3, 0.4) is 0 Å². The Hall–Kier alpha value is -1.22. The molecule has 2 bridgehead atoms. The highest BCUT2D eigenvalue weighted by atomic mass is 16.3. The number of hydrogen-bond acceptors (Lipinski definition) is 2. The van der Waals surface area contributed by atoms with Gasteiger partial charge in [-0.05, 0) is 49.6 Å². The Kier molecular flexibility index (Phi) is 3.65. The molecule has 2 aliphatic carbocycles. The van der Waals surface area contributed by atoms with Crippen LogP contribution in [-0.4, -0.2) is 24.4 Å². The first-order chi connectivity index (χ1) is 9.22. The molecule has 2 aliphatic rings. The van der Waals surface area contributed by atoms with E-state index in [1.165, 1.54) is 38.3 Å². The molecule has 0 heterocycles. The summed E-state index contributed by atoms with van der Waals surface area (Å²) in [6.07, 6.45) is 6.81. The van der Waals surface area contributed by atoms with Crippen molar-refractivity contribution in [2.75, 3.05) is 13.6 Å². The average molecular weight is 259 g/mol. The number of benzene rings is 1. The Labute approximate surface area is 115 Å². The fourth-order valence-corrected chi connectivity index (χ4v) is 3.77. The molecule has 3 unspecified atom stereocenters. The minimum absolute atomic E-state index is 0.727. The number of rotatable bonds is 5. The fraction of sp³-hybridized carbons (Fsp3) is 0.625. The molecule has 102 valence electrons. The molecule has 0 spiro atoms. The molecule has 1 aromatic rings. The van der Waals surface area contributed by atoms with Crippen LogP contribution in [0.5, 0.6) is 0 Å². The van der Waals surface area contributed by atoms with Crippen molar-refractivity contribution in [2.24, 2.45) is 11.8 Å². The number of nitrogens with one attached hydrogen (secondary N) is 1. The third kappa shape index (κ3) is 2.86. The van der Waals surface area contributed by atoms with Gasteiger partial charge in [0.15, 0.2) is 7.05 Å². The average Bonchev–Trinajstić information content (AvgIpc) is 3.02. The van der Waals surface area contributed by atoms with E-state index in [0.29, 0.717) is 0 Å². The second kappa shape index (κ2) is 5.41. The Bertz CT molecular complexity index is 454. The fourth-order valence-electron chi connectivity index (χ4n) is 3.77. The third-order valence-corrected chi connectivity index (χ3v) is 4.86. The summed E-state index contributed by atoms with van der Waals surface area (Å²) < 4.78 is 0.900. The van der Waals surface area contributed by atoms with Crippen molar-refractivity contribution in [2.45, 2.75) is 38.1 Å². The lowest BCUT2D eigenvalue weighted by Gasteiger charge is -2.22. The van der Waals surface area contributed by atoms with E-state index in [-0.39, 0.29) is 0 Å². The van der Waals surface area contributed by atoms with Gasteiger partial charge in [-0.15, -0.1) is 0 Å². The van der Waals surface area contributed by atoms with Gasteiger partial charge in [0.25, 0.3) is 5.69 Å². The molecule has 0 saturated heterocycles. The van der Waals surface area contributed by atoms with Crippen molar-refractivity contribution < 1.29 is 4.76 Å². The van der Waals surface area contributed by atoms with Crippen LogP contribution in [0, 0.1) is 16.7 Å². The molecule has 3 nitrogen and oxygen atoms in total. The van der Waals surface area contributed by atoms with Crippen LogP contribution in [0.25, 0.3) is 0 Å². The normalized spacial score (nSPS) is 28.8. The molecule has 19 heavy (non-hydrogen) atoms. The summed E-state index contributed by atoms with van der Waals surface area (Å²) >= 11 is 0. The molecule has 0 amide bonds. The first-order valence-electron chi connectivity index (χ1n) is 7.45. The van der Waals surface area contributed by atoms with Crippen molar-refractivity contribution in [3.63, 3.8) is 0 Å². The van der Waals surface area contributed by atoms with E-state index in [9.17, 15) is 4.91 Å². The zero-order chi connectivity index (χ0) is 13.2.